The van der Waals surface area contributed by atoms with E-state index in [4.69, 9.17) is 10.5 Å². The lowest BCUT2D eigenvalue weighted by atomic mass is 9.87. The largest absolute Gasteiger partial charge is 0.494 e. The van der Waals surface area contributed by atoms with Crippen LogP contribution in [0.15, 0.2) is 48.9 Å². The molecule has 0 bridgehead atoms. The number of fused-ring (bicyclic) bond motifs is 1. The lowest BCUT2D eigenvalue weighted by molar-refractivity contribution is 0.0909. The van der Waals surface area contributed by atoms with E-state index >= 15 is 0 Å². The summed E-state index contributed by atoms with van der Waals surface area (Å²) in [6.07, 6.45) is 6.88. The Kier molecular flexibility index (Phi) is 6.27. The van der Waals surface area contributed by atoms with Crippen molar-refractivity contribution in [3.05, 3.63) is 71.7 Å². The molecule has 4 aromatic rings. The summed E-state index contributed by atoms with van der Waals surface area (Å²) in [5.41, 5.74) is 8.90. The molecule has 2 aromatic heterocycles. The monoisotopic (exact) mass is 492 g/mol. The Labute approximate surface area is 206 Å². The number of rotatable bonds is 7. The molecule has 0 radical (unpaired) electrons. The maximum atomic E-state index is 14.7. The van der Waals surface area contributed by atoms with E-state index in [0.717, 1.165) is 24.1 Å². The minimum Gasteiger partial charge on any atom is -0.494 e. The number of ether oxygens (including phenoxy) is 1. The van der Waals surface area contributed by atoms with E-state index in [9.17, 15) is 13.6 Å². The number of nitrogens with two attached hydrogens (primary N) is 1. The molecule has 1 amide bonds. The van der Waals surface area contributed by atoms with Crippen LogP contribution in [-0.2, 0) is 6.42 Å². The predicted octanol–water partition coefficient (Wildman–Crippen LogP) is 4.21. The van der Waals surface area contributed by atoms with Crippen molar-refractivity contribution < 1.29 is 18.3 Å². The molecular formula is C26H26F2N6O2. The molecule has 5 rings (SSSR count). The van der Waals surface area contributed by atoms with E-state index in [0.29, 0.717) is 29.1 Å². The fraction of sp³-hybridized carbons (Fsp3) is 0.269. The molecule has 0 spiro atoms. The molecule has 8 nitrogen and oxygen atoms in total. The molecule has 0 unspecified atom stereocenters. The number of halogens is 2. The van der Waals surface area contributed by atoms with Crippen LogP contribution in [0, 0.1) is 11.6 Å². The van der Waals surface area contributed by atoms with Gasteiger partial charge in [-0.2, -0.15) is 4.39 Å². The van der Waals surface area contributed by atoms with Crippen molar-refractivity contribution in [2.45, 2.75) is 38.3 Å². The first-order valence-corrected chi connectivity index (χ1v) is 11.7. The number of aryl methyl sites for hydroxylation is 1. The van der Waals surface area contributed by atoms with Gasteiger partial charge in [-0.3, -0.25) is 9.20 Å². The molecule has 4 N–H and O–H groups in total. The predicted molar refractivity (Wildman–Crippen MR) is 132 cm³/mol. The first kappa shape index (κ1) is 23.7. The number of methoxy groups -OCH3 is 1. The summed E-state index contributed by atoms with van der Waals surface area (Å²) in [5, 5.41) is 6.27. The van der Waals surface area contributed by atoms with Gasteiger partial charge in [0.05, 0.1) is 19.0 Å². The highest BCUT2D eigenvalue weighted by Gasteiger charge is 2.28. The van der Waals surface area contributed by atoms with Crippen molar-refractivity contribution in [3.8, 4) is 17.0 Å². The number of hydrogen-bond donors (Lipinski definition) is 3. The third kappa shape index (κ3) is 4.24. The number of anilines is 2. The molecule has 186 valence electrons. The maximum absolute atomic E-state index is 14.7. The number of aromatic nitrogens is 3. The number of benzene rings is 2. The van der Waals surface area contributed by atoms with Crippen LogP contribution in [0.2, 0.25) is 0 Å². The van der Waals surface area contributed by atoms with Gasteiger partial charge in [-0.15, -0.1) is 0 Å². The molecule has 0 saturated heterocycles. The molecule has 10 heteroatoms. The minimum absolute atomic E-state index is 0.0500. The molecule has 1 fully saturated rings. The van der Waals surface area contributed by atoms with Gasteiger partial charge >= 0.3 is 0 Å². The Balaban J connectivity index is 1.43. The van der Waals surface area contributed by atoms with E-state index in [1.54, 1.807) is 28.9 Å². The van der Waals surface area contributed by atoms with Crippen LogP contribution < -0.4 is 21.1 Å². The first-order valence-electron chi connectivity index (χ1n) is 11.7. The van der Waals surface area contributed by atoms with Crippen LogP contribution in [0.25, 0.3) is 16.9 Å². The Bertz CT molecular complexity index is 1450. The van der Waals surface area contributed by atoms with Crippen LogP contribution in [0.4, 0.5) is 20.3 Å². The summed E-state index contributed by atoms with van der Waals surface area (Å²) in [5.74, 6) is -1.93. The first-order chi connectivity index (χ1) is 17.4. The lowest BCUT2D eigenvalue weighted by Gasteiger charge is -2.33. The molecule has 2 aromatic carbocycles. The highest BCUT2D eigenvalue weighted by atomic mass is 19.2. The van der Waals surface area contributed by atoms with Crippen molar-refractivity contribution in [3.63, 3.8) is 0 Å². The van der Waals surface area contributed by atoms with Gasteiger partial charge in [0, 0.05) is 41.3 Å². The second-order valence-corrected chi connectivity index (χ2v) is 8.81. The third-order valence-corrected chi connectivity index (χ3v) is 6.47. The number of hydrogen-bond acceptors (Lipinski definition) is 6. The van der Waals surface area contributed by atoms with Crippen molar-refractivity contribution in [1.29, 1.82) is 0 Å². The average molecular weight is 493 g/mol. The second kappa shape index (κ2) is 9.54. The zero-order chi connectivity index (χ0) is 25.4. The number of carbonyl (C=O) groups is 1. The van der Waals surface area contributed by atoms with E-state index in [2.05, 4.69) is 20.6 Å². The molecule has 1 aliphatic rings. The zero-order valence-electron chi connectivity index (χ0n) is 19.9. The molecule has 1 saturated carbocycles. The quantitative estimate of drug-likeness (QED) is 0.357. The van der Waals surface area contributed by atoms with Crippen LogP contribution in [0.5, 0.6) is 5.75 Å². The molecule has 0 aliphatic heterocycles. The Hall–Kier alpha value is -4.05. The Morgan fingerprint density at radius 2 is 2.00 bits per heavy atom. The van der Waals surface area contributed by atoms with E-state index in [-0.39, 0.29) is 29.3 Å². The molecule has 0 atom stereocenters. The summed E-state index contributed by atoms with van der Waals surface area (Å²) in [6.45, 7) is 1.98. The van der Waals surface area contributed by atoms with Crippen molar-refractivity contribution >= 4 is 23.1 Å². The third-order valence-electron chi connectivity index (χ3n) is 6.47. The summed E-state index contributed by atoms with van der Waals surface area (Å²) in [7, 11) is 1.28. The lowest BCUT2D eigenvalue weighted by Crippen LogP contribution is -2.50. The van der Waals surface area contributed by atoms with Gasteiger partial charge in [0.2, 0.25) is 5.82 Å². The van der Waals surface area contributed by atoms with E-state index < -0.39 is 11.6 Å². The second-order valence-electron chi connectivity index (χ2n) is 8.81. The summed E-state index contributed by atoms with van der Waals surface area (Å²) < 4.78 is 35.5. The fourth-order valence-electron chi connectivity index (χ4n) is 4.46. The summed E-state index contributed by atoms with van der Waals surface area (Å²) in [4.78, 5) is 21.5. The van der Waals surface area contributed by atoms with Gasteiger partial charge in [0.1, 0.15) is 0 Å². The number of nitrogens with one attached hydrogen (secondary N) is 2. The van der Waals surface area contributed by atoms with Gasteiger partial charge in [-0.05, 0) is 55.2 Å². The Morgan fingerprint density at radius 3 is 2.72 bits per heavy atom. The molecule has 36 heavy (non-hydrogen) atoms. The van der Waals surface area contributed by atoms with Gasteiger partial charge in [0.25, 0.3) is 5.91 Å². The smallest absolute Gasteiger partial charge is 0.251 e. The standard InChI is InChI=1S/C26H26F2N6O2/c1-3-14-10-16(4-5-18(14)26(35)33-17-11-15(29)12-17)32-24-25-31-13-20(34(25)9-8-30-24)19-6-7-21(36-2)23(28)22(19)27/h4-10,13,15,17H,3,11-12,29H2,1-2H3,(H,30,32)(H,33,35)/t15-,17-. The SMILES string of the molecule is CCc1cc(Nc2nccn3c(-c4ccc(OC)c(F)c4F)cnc23)ccc1C(=O)N[C@H]1C[C@H](N)C1. The highest BCUT2D eigenvalue weighted by molar-refractivity contribution is 5.96. The van der Waals surface area contributed by atoms with Crippen molar-refractivity contribution in [2.24, 2.45) is 5.73 Å². The number of nitrogens with zero attached hydrogens (tertiary/aromatic N) is 3. The summed E-state index contributed by atoms with van der Waals surface area (Å²) >= 11 is 0. The Morgan fingerprint density at radius 1 is 1.19 bits per heavy atom. The molecular weight excluding hydrogens is 466 g/mol. The van der Waals surface area contributed by atoms with Crippen molar-refractivity contribution in [2.75, 3.05) is 12.4 Å². The topological polar surface area (TPSA) is 107 Å². The normalized spacial score (nSPS) is 17.0. The molecule has 1 aliphatic carbocycles. The number of amides is 1. The van der Waals surface area contributed by atoms with E-state index in [1.165, 1.54) is 25.4 Å². The van der Waals surface area contributed by atoms with Crippen LogP contribution in [0.1, 0.15) is 35.7 Å². The van der Waals surface area contributed by atoms with Crippen LogP contribution in [-0.4, -0.2) is 39.5 Å². The van der Waals surface area contributed by atoms with Crippen molar-refractivity contribution in [1.82, 2.24) is 19.7 Å². The summed E-state index contributed by atoms with van der Waals surface area (Å²) in [6, 6.07) is 8.58. The average Bonchev–Trinajstić information content (AvgIpc) is 3.29. The maximum Gasteiger partial charge on any atom is 0.251 e. The van der Waals surface area contributed by atoms with Crippen LogP contribution in [0.3, 0.4) is 0 Å². The molecule has 2 heterocycles. The van der Waals surface area contributed by atoms with Gasteiger partial charge in [-0.25, -0.2) is 14.4 Å². The minimum atomic E-state index is -1.06. The zero-order valence-corrected chi connectivity index (χ0v) is 19.9. The fourth-order valence-corrected chi connectivity index (χ4v) is 4.46. The van der Waals surface area contributed by atoms with Gasteiger partial charge < -0.3 is 21.1 Å². The van der Waals surface area contributed by atoms with E-state index in [1.807, 2.05) is 13.0 Å². The number of imidazole rings is 1. The van der Waals surface area contributed by atoms with Crippen LogP contribution >= 0.6 is 0 Å². The van der Waals surface area contributed by atoms with Gasteiger partial charge in [-0.1, -0.05) is 6.92 Å². The number of carbonyl (C=O) groups excluding carboxylic acids is 1. The highest BCUT2D eigenvalue weighted by Crippen LogP contribution is 2.31. The van der Waals surface area contributed by atoms with Gasteiger partial charge in [0.15, 0.2) is 23.0 Å².